The standard InChI is InChI=1S/C17H18N6O/c24-17(14-5-1-2-6-16(14)23-11-9-19-21-23)22-10-3-4-13(12-22)15-7-8-18-20-15/h1-2,5-9,11,13H,3-4,10,12H2,(H,18,20). The van der Waals surface area contributed by atoms with Crippen LogP contribution in [0.4, 0.5) is 0 Å². The second kappa shape index (κ2) is 6.27. The molecule has 1 fully saturated rings. The Labute approximate surface area is 139 Å². The molecule has 1 atom stereocenters. The molecule has 3 aromatic rings. The van der Waals surface area contributed by atoms with Crippen LogP contribution in [-0.2, 0) is 0 Å². The third kappa shape index (κ3) is 2.68. The van der Waals surface area contributed by atoms with Crippen molar-refractivity contribution in [3.8, 4) is 5.69 Å². The van der Waals surface area contributed by atoms with Crippen molar-refractivity contribution >= 4 is 5.91 Å². The molecule has 1 aliphatic heterocycles. The van der Waals surface area contributed by atoms with Crippen molar-refractivity contribution in [2.24, 2.45) is 0 Å². The molecule has 0 aliphatic carbocycles. The van der Waals surface area contributed by atoms with E-state index in [0.29, 0.717) is 18.0 Å². The third-order valence-corrected chi connectivity index (χ3v) is 4.47. The number of carbonyl (C=O) groups is 1. The maximum Gasteiger partial charge on any atom is 0.256 e. The van der Waals surface area contributed by atoms with Crippen LogP contribution in [-0.4, -0.2) is 49.1 Å². The summed E-state index contributed by atoms with van der Waals surface area (Å²) < 4.78 is 1.63. The van der Waals surface area contributed by atoms with Crippen LogP contribution in [0.5, 0.6) is 0 Å². The summed E-state index contributed by atoms with van der Waals surface area (Å²) in [7, 11) is 0. The molecule has 122 valence electrons. The number of hydrogen-bond donors (Lipinski definition) is 1. The number of hydrogen-bond acceptors (Lipinski definition) is 4. The van der Waals surface area contributed by atoms with E-state index in [-0.39, 0.29) is 5.91 Å². The maximum absolute atomic E-state index is 13.1. The second-order valence-electron chi connectivity index (χ2n) is 5.97. The van der Waals surface area contributed by atoms with Crippen molar-refractivity contribution in [1.29, 1.82) is 0 Å². The smallest absolute Gasteiger partial charge is 0.256 e. The van der Waals surface area contributed by atoms with Gasteiger partial charge in [0, 0.05) is 30.9 Å². The van der Waals surface area contributed by atoms with Gasteiger partial charge in [-0.2, -0.15) is 5.10 Å². The lowest BCUT2D eigenvalue weighted by Crippen LogP contribution is -2.39. The van der Waals surface area contributed by atoms with Crippen LogP contribution in [0.3, 0.4) is 0 Å². The van der Waals surface area contributed by atoms with Gasteiger partial charge in [0.2, 0.25) is 0 Å². The SMILES string of the molecule is O=C(c1ccccc1-n1ccnn1)N1CCCC(c2ccn[nH]2)C1. The summed E-state index contributed by atoms with van der Waals surface area (Å²) in [6.45, 7) is 1.47. The average Bonchev–Trinajstić information content (AvgIpc) is 3.35. The van der Waals surface area contributed by atoms with Crippen molar-refractivity contribution in [2.45, 2.75) is 18.8 Å². The first-order valence-corrected chi connectivity index (χ1v) is 8.07. The molecule has 3 heterocycles. The number of rotatable bonds is 3. The summed E-state index contributed by atoms with van der Waals surface area (Å²) in [6, 6.07) is 9.50. The Morgan fingerprint density at radius 2 is 2.12 bits per heavy atom. The molecule has 1 N–H and O–H groups in total. The van der Waals surface area contributed by atoms with Gasteiger partial charge in [0.1, 0.15) is 0 Å². The van der Waals surface area contributed by atoms with Crippen molar-refractivity contribution in [3.63, 3.8) is 0 Å². The predicted molar refractivity (Wildman–Crippen MR) is 87.8 cm³/mol. The quantitative estimate of drug-likeness (QED) is 0.800. The molecule has 1 aromatic carbocycles. The molecule has 24 heavy (non-hydrogen) atoms. The highest BCUT2D eigenvalue weighted by atomic mass is 16.2. The van der Waals surface area contributed by atoms with E-state index in [1.54, 1.807) is 23.3 Å². The largest absolute Gasteiger partial charge is 0.338 e. The van der Waals surface area contributed by atoms with E-state index in [2.05, 4.69) is 20.5 Å². The number of nitrogens with one attached hydrogen (secondary N) is 1. The minimum Gasteiger partial charge on any atom is -0.338 e. The Hall–Kier alpha value is -2.96. The van der Waals surface area contributed by atoms with Crippen molar-refractivity contribution in [1.82, 2.24) is 30.1 Å². The van der Waals surface area contributed by atoms with Gasteiger partial charge in [-0.05, 0) is 31.0 Å². The van der Waals surface area contributed by atoms with Crippen molar-refractivity contribution in [2.75, 3.05) is 13.1 Å². The van der Waals surface area contributed by atoms with E-state index in [1.807, 2.05) is 35.2 Å². The Morgan fingerprint density at radius 1 is 1.21 bits per heavy atom. The molecule has 0 radical (unpaired) electrons. The van der Waals surface area contributed by atoms with E-state index in [4.69, 9.17) is 0 Å². The zero-order valence-corrected chi connectivity index (χ0v) is 13.2. The highest BCUT2D eigenvalue weighted by molar-refractivity contribution is 5.97. The minimum atomic E-state index is 0.0327. The van der Waals surface area contributed by atoms with E-state index >= 15 is 0 Å². The Balaban J connectivity index is 1.60. The first-order valence-electron chi connectivity index (χ1n) is 8.07. The van der Waals surface area contributed by atoms with Gasteiger partial charge in [0.05, 0.1) is 23.6 Å². The second-order valence-corrected chi connectivity index (χ2v) is 5.97. The number of aromatic amines is 1. The summed E-state index contributed by atoms with van der Waals surface area (Å²) in [5.41, 5.74) is 2.49. The van der Waals surface area contributed by atoms with E-state index in [9.17, 15) is 4.79 Å². The molecule has 1 unspecified atom stereocenters. The molecule has 7 heteroatoms. The Morgan fingerprint density at radius 3 is 2.92 bits per heavy atom. The minimum absolute atomic E-state index is 0.0327. The van der Waals surface area contributed by atoms with Gasteiger partial charge < -0.3 is 4.90 Å². The number of likely N-dealkylation sites (tertiary alicyclic amines) is 1. The van der Waals surface area contributed by atoms with Gasteiger partial charge in [-0.15, -0.1) is 5.10 Å². The lowest BCUT2D eigenvalue weighted by atomic mass is 9.94. The fourth-order valence-electron chi connectivity index (χ4n) is 3.27. The van der Waals surface area contributed by atoms with Crippen molar-refractivity contribution in [3.05, 3.63) is 60.2 Å². The first kappa shape index (κ1) is 14.6. The molecule has 0 saturated carbocycles. The number of benzene rings is 1. The van der Waals surface area contributed by atoms with Crippen LogP contribution in [0.15, 0.2) is 48.9 Å². The van der Waals surface area contributed by atoms with Crippen LogP contribution in [0.25, 0.3) is 5.69 Å². The van der Waals surface area contributed by atoms with Gasteiger partial charge in [0.25, 0.3) is 5.91 Å². The lowest BCUT2D eigenvalue weighted by Gasteiger charge is -2.32. The summed E-state index contributed by atoms with van der Waals surface area (Å²) in [5.74, 6) is 0.342. The van der Waals surface area contributed by atoms with Crippen LogP contribution in [0.2, 0.25) is 0 Å². The number of amides is 1. The molecule has 0 spiro atoms. The number of H-pyrrole nitrogens is 1. The number of carbonyl (C=O) groups excluding carboxylic acids is 1. The highest BCUT2D eigenvalue weighted by Crippen LogP contribution is 2.27. The summed E-state index contributed by atoms with van der Waals surface area (Å²) in [6.07, 6.45) is 7.17. The number of nitrogens with zero attached hydrogens (tertiary/aromatic N) is 5. The van der Waals surface area contributed by atoms with Crippen LogP contribution in [0, 0.1) is 0 Å². The summed E-state index contributed by atoms with van der Waals surface area (Å²) in [5, 5.41) is 14.9. The number of aromatic nitrogens is 5. The van der Waals surface area contributed by atoms with Gasteiger partial charge >= 0.3 is 0 Å². The maximum atomic E-state index is 13.1. The Kier molecular flexibility index (Phi) is 3.82. The molecule has 1 saturated heterocycles. The van der Waals surface area contributed by atoms with Gasteiger partial charge in [0.15, 0.2) is 0 Å². The van der Waals surface area contributed by atoms with Crippen LogP contribution >= 0.6 is 0 Å². The topological polar surface area (TPSA) is 79.7 Å². The van der Waals surface area contributed by atoms with Crippen molar-refractivity contribution < 1.29 is 4.79 Å². The first-order chi connectivity index (χ1) is 11.8. The van der Waals surface area contributed by atoms with Gasteiger partial charge in [-0.25, -0.2) is 4.68 Å². The molecular formula is C17H18N6O. The molecule has 1 aliphatic rings. The lowest BCUT2D eigenvalue weighted by molar-refractivity contribution is 0.0705. The zero-order chi connectivity index (χ0) is 16.4. The monoisotopic (exact) mass is 322 g/mol. The zero-order valence-electron chi connectivity index (χ0n) is 13.2. The molecule has 1 amide bonds. The number of piperidine rings is 1. The normalized spacial score (nSPS) is 17.8. The Bertz CT molecular complexity index is 811. The van der Waals surface area contributed by atoms with Gasteiger partial charge in [-0.3, -0.25) is 9.89 Å². The average molecular weight is 322 g/mol. The van der Waals surface area contributed by atoms with Crippen LogP contribution < -0.4 is 0 Å². The summed E-state index contributed by atoms with van der Waals surface area (Å²) in [4.78, 5) is 15.0. The molecule has 4 rings (SSSR count). The fraction of sp³-hybridized carbons (Fsp3) is 0.294. The third-order valence-electron chi connectivity index (χ3n) is 4.47. The predicted octanol–water partition coefficient (Wildman–Crippen LogP) is 2.01. The number of para-hydroxylation sites is 1. The highest BCUT2D eigenvalue weighted by Gasteiger charge is 2.27. The molecule has 2 aromatic heterocycles. The fourth-order valence-corrected chi connectivity index (χ4v) is 3.27. The van der Waals surface area contributed by atoms with Crippen LogP contribution in [0.1, 0.15) is 34.8 Å². The molecular weight excluding hydrogens is 304 g/mol. The van der Waals surface area contributed by atoms with Gasteiger partial charge in [-0.1, -0.05) is 17.3 Å². The van der Waals surface area contributed by atoms with E-state index in [0.717, 1.165) is 30.8 Å². The van der Waals surface area contributed by atoms with E-state index in [1.165, 1.54) is 0 Å². The summed E-state index contributed by atoms with van der Waals surface area (Å²) >= 11 is 0. The molecule has 0 bridgehead atoms. The molecule has 7 nitrogen and oxygen atoms in total. The van der Waals surface area contributed by atoms with E-state index < -0.39 is 0 Å².